The predicted molar refractivity (Wildman–Crippen MR) is 90.3 cm³/mol. The highest BCUT2D eigenvalue weighted by Gasteiger charge is 2.35. The summed E-state index contributed by atoms with van der Waals surface area (Å²) in [6, 6.07) is 3.08. The highest BCUT2D eigenvalue weighted by molar-refractivity contribution is 7.91. The highest BCUT2D eigenvalue weighted by Crippen LogP contribution is 2.40. The second-order valence-corrected chi connectivity index (χ2v) is 9.00. The van der Waals surface area contributed by atoms with Gasteiger partial charge in [-0.1, -0.05) is 11.6 Å². The summed E-state index contributed by atoms with van der Waals surface area (Å²) in [5, 5.41) is 1.23. The lowest BCUT2D eigenvalue weighted by Gasteiger charge is -2.33. The molecule has 8 heteroatoms. The minimum absolute atomic E-state index is 0.0892. The Morgan fingerprint density at radius 1 is 1.33 bits per heavy atom. The van der Waals surface area contributed by atoms with E-state index < -0.39 is 15.5 Å². The quantitative estimate of drug-likeness (QED) is 0.716. The third kappa shape index (κ3) is 2.60. The summed E-state index contributed by atoms with van der Waals surface area (Å²) in [5.41, 5.74) is 1.52. The first-order valence-electron chi connectivity index (χ1n) is 7.67. The Morgan fingerprint density at radius 3 is 2.83 bits per heavy atom. The zero-order chi connectivity index (χ0) is 17.1. The molecule has 0 spiro atoms. The number of ether oxygens (including phenoxy) is 1. The third-order valence-corrected chi connectivity index (χ3v) is 6.73. The van der Waals surface area contributed by atoms with Crippen LogP contribution < -0.4 is 10.4 Å². The molecule has 2 aliphatic heterocycles. The van der Waals surface area contributed by atoms with Crippen LogP contribution in [0, 0.1) is 6.92 Å². The van der Waals surface area contributed by atoms with Gasteiger partial charge in [-0.3, -0.25) is 4.90 Å². The van der Waals surface area contributed by atoms with Crippen LogP contribution in [0.4, 0.5) is 0 Å². The van der Waals surface area contributed by atoms with Gasteiger partial charge < -0.3 is 9.15 Å². The van der Waals surface area contributed by atoms with Gasteiger partial charge in [0.05, 0.1) is 22.1 Å². The average molecular weight is 370 g/mol. The van der Waals surface area contributed by atoms with Crippen molar-refractivity contribution >= 4 is 32.4 Å². The maximum absolute atomic E-state index is 11.8. The maximum Gasteiger partial charge on any atom is 0.336 e. The standard InChI is InChI=1S/C16H16ClNO5S/c1-9-4-14(19)23-15-11(9)5-13(17)16-12(15)6-18(8-22-16)10-2-3-24(20,21)7-10/h4-5,10H,2-3,6-8H2,1H3/t10-/m0/s1. The number of aryl methyl sites for hydroxylation is 1. The number of fused-ring (bicyclic) bond motifs is 3. The molecule has 0 radical (unpaired) electrons. The molecule has 0 aliphatic carbocycles. The molecule has 2 aromatic rings. The number of halogens is 1. The van der Waals surface area contributed by atoms with E-state index in [1.54, 1.807) is 6.07 Å². The van der Waals surface area contributed by atoms with E-state index in [4.69, 9.17) is 20.8 Å². The fourth-order valence-electron chi connectivity index (χ4n) is 3.46. The molecular formula is C16H16ClNO5S. The van der Waals surface area contributed by atoms with Crippen LogP contribution in [0.2, 0.25) is 5.02 Å². The van der Waals surface area contributed by atoms with Gasteiger partial charge in [0.15, 0.2) is 9.84 Å². The van der Waals surface area contributed by atoms with Crippen LogP contribution in [0.5, 0.6) is 5.75 Å². The number of benzene rings is 1. The minimum Gasteiger partial charge on any atom is -0.476 e. The number of rotatable bonds is 1. The fourth-order valence-corrected chi connectivity index (χ4v) is 5.49. The van der Waals surface area contributed by atoms with Crippen molar-refractivity contribution in [2.24, 2.45) is 0 Å². The number of hydrogen-bond acceptors (Lipinski definition) is 6. The molecule has 6 nitrogen and oxygen atoms in total. The number of sulfone groups is 1. The molecule has 1 aromatic carbocycles. The Balaban J connectivity index is 1.81. The van der Waals surface area contributed by atoms with Crippen molar-refractivity contribution < 1.29 is 17.6 Å². The first kappa shape index (κ1) is 15.9. The van der Waals surface area contributed by atoms with Gasteiger partial charge in [0.1, 0.15) is 18.1 Å². The monoisotopic (exact) mass is 369 g/mol. The lowest BCUT2D eigenvalue weighted by atomic mass is 10.0. The van der Waals surface area contributed by atoms with E-state index >= 15 is 0 Å². The maximum atomic E-state index is 11.8. The predicted octanol–water partition coefficient (Wildman–Crippen LogP) is 2.09. The molecule has 4 rings (SSSR count). The van der Waals surface area contributed by atoms with Gasteiger partial charge in [-0.2, -0.15) is 0 Å². The lowest BCUT2D eigenvalue weighted by molar-refractivity contribution is 0.0649. The average Bonchev–Trinajstić information content (AvgIpc) is 2.88. The van der Waals surface area contributed by atoms with Crippen LogP contribution in [0.3, 0.4) is 0 Å². The van der Waals surface area contributed by atoms with Crippen molar-refractivity contribution in [1.82, 2.24) is 4.90 Å². The van der Waals surface area contributed by atoms with Crippen molar-refractivity contribution in [3.8, 4) is 5.75 Å². The van der Waals surface area contributed by atoms with Crippen molar-refractivity contribution in [2.45, 2.75) is 25.9 Å². The van der Waals surface area contributed by atoms with E-state index in [-0.39, 0.29) is 24.3 Å². The Morgan fingerprint density at radius 2 is 2.12 bits per heavy atom. The van der Waals surface area contributed by atoms with Crippen LogP contribution in [0.15, 0.2) is 21.3 Å². The Labute approximate surface area is 143 Å². The molecule has 0 bridgehead atoms. The molecule has 1 fully saturated rings. The molecular weight excluding hydrogens is 354 g/mol. The van der Waals surface area contributed by atoms with Gasteiger partial charge in [0, 0.05) is 24.0 Å². The molecule has 2 aliphatic rings. The number of nitrogens with zero attached hydrogens (tertiary/aromatic N) is 1. The first-order valence-corrected chi connectivity index (χ1v) is 9.87. The zero-order valence-electron chi connectivity index (χ0n) is 13.0. The fraction of sp³-hybridized carbons (Fsp3) is 0.438. The van der Waals surface area contributed by atoms with Gasteiger partial charge in [0.25, 0.3) is 0 Å². The molecule has 3 heterocycles. The molecule has 128 valence electrons. The summed E-state index contributed by atoms with van der Waals surface area (Å²) in [4.78, 5) is 13.7. The normalized spacial score (nSPS) is 23.2. The smallest absolute Gasteiger partial charge is 0.336 e. The molecule has 1 aromatic heterocycles. The van der Waals surface area contributed by atoms with Crippen LogP contribution >= 0.6 is 11.6 Å². The summed E-state index contributed by atoms with van der Waals surface area (Å²) in [5.74, 6) is 0.841. The van der Waals surface area contributed by atoms with Crippen molar-refractivity contribution in [3.05, 3.63) is 38.7 Å². The van der Waals surface area contributed by atoms with E-state index in [1.807, 2.05) is 11.8 Å². The molecule has 0 saturated carbocycles. The molecule has 0 unspecified atom stereocenters. The lowest BCUT2D eigenvalue weighted by Crippen LogP contribution is -2.41. The highest BCUT2D eigenvalue weighted by atomic mass is 35.5. The Kier molecular flexibility index (Phi) is 3.63. The van der Waals surface area contributed by atoms with E-state index in [2.05, 4.69) is 0 Å². The molecule has 0 N–H and O–H groups in total. The molecule has 0 amide bonds. The van der Waals surface area contributed by atoms with Crippen LogP contribution in [-0.4, -0.2) is 37.6 Å². The van der Waals surface area contributed by atoms with E-state index in [0.717, 1.165) is 10.9 Å². The van der Waals surface area contributed by atoms with Crippen molar-refractivity contribution in [1.29, 1.82) is 0 Å². The van der Waals surface area contributed by atoms with Crippen LogP contribution in [0.1, 0.15) is 17.5 Å². The third-order valence-electron chi connectivity index (χ3n) is 4.70. The van der Waals surface area contributed by atoms with E-state index in [0.29, 0.717) is 34.9 Å². The van der Waals surface area contributed by atoms with Gasteiger partial charge in [-0.25, -0.2) is 13.2 Å². The molecule has 1 atom stereocenters. The van der Waals surface area contributed by atoms with Gasteiger partial charge in [-0.05, 0) is 25.0 Å². The summed E-state index contributed by atoms with van der Waals surface area (Å²) < 4.78 is 34.7. The van der Waals surface area contributed by atoms with Crippen LogP contribution in [-0.2, 0) is 16.4 Å². The SMILES string of the molecule is Cc1cc(=O)oc2c3c(c(Cl)cc12)OCN([C@H]1CCS(=O)(=O)C1)C3. The Bertz CT molecular complexity index is 998. The summed E-state index contributed by atoms with van der Waals surface area (Å²) in [7, 11) is -2.98. The summed E-state index contributed by atoms with van der Waals surface area (Å²) in [6.45, 7) is 2.54. The molecule has 1 saturated heterocycles. The topological polar surface area (TPSA) is 76.8 Å². The summed E-state index contributed by atoms with van der Waals surface area (Å²) in [6.07, 6.45) is 0.586. The van der Waals surface area contributed by atoms with E-state index in [1.165, 1.54) is 6.07 Å². The van der Waals surface area contributed by atoms with Gasteiger partial charge >= 0.3 is 5.63 Å². The minimum atomic E-state index is -2.98. The second kappa shape index (κ2) is 5.47. The van der Waals surface area contributed by atoms with Crippen LogP contribution in [0.25, 0.3) is 11.0 Å². The first-order chi connectivity index (χ1) is 11.3. The largest absolute Gasteiger partial charge is 0.476 e. The number of hydrogen-bond donors (Lipinski definition) is 0. The second-order valence-electron chi connectivity index (χ2n) is 6.37. The summed E-state index contributed by atoms with van der Waals surface area (Å²) >= 11 is 6.33. The zero-order valence-corrected chi connectivity index (χ0v) is 14.6. The molecule has 24 heavy (non-hydrogen) atoms. The Hall–Kier alpha value is -1.57. The van der Waals surface area contributed by atoms with Crippen molar-refractivity contribution in [2.75, 3.05) is 18.2 Å². The van der Waals surface area contributed by atoms with E-state index in [9.17, 15) is 13.2 Å². The van der Waals surface area contributed by atoms with Crippen molar-refractivity contribution in [3.63, 3.8) is 0 Å². The van der Waals surface area contributed by atoms with Gasteiger partial charge in [-0.15, -0.1) is 0 Å². The van der Waals surface area contributed by atoms with Gasteiger partial charge in [0.2, 0.25) is 0 Å².